The second kappa shape index (κ2) is 6.24. The first-order valence-electron chi connectivity index (χ1n) is 8.44. The zero-order valence-electron chi connectivity index (χ0n) is 14.0. The summed E-state index contributed by atoms with van der Waals surface area (Å²) in [7, 11) is 0. The maximum Gasteiger partial charge on any atom is 0.237 e. The Morgan fingerprint density at radius 3 is 2.48 bits per heavy atom. The number of hydrogen-bond donors (Lipinski definition) is 0. The third kappa shape index (κ3) is 2.97. The van der Waals surface area contributed by atoms with E-state index in [2.05, 4.69) is 0 Å². The molecule has 25 heavy (non-hydrogen) atoms. The first-order chi connectivity index (χ1) is 12.1. The van der Waals surface area contributed by atoms with Crippen molar-refractivity contribution in [1.29, 1.82) is 0 Å². The first kappa shape index (κ1) is 15.7. The molecule has 2 amide bonds. The topological polar surface area (TPSA) is 55.8 Å². The molecule has 2 aromatic carbocycles. The van der Waals surface area contributed by atoms with E-state index >= 15 is 0 Å². The van der Waals surface area contributed by atoms with Gasteiger partial charge >= 0.3 is 0 Å². The van der Waals surface area contributed by atoms with Crippen LogP contribution in [-0.4, -0.2) is 25.0 Å². The number of benzene rings is 2. The molecule has 0 aromatic heterocycles. The molecular formula is C20H19NO4. The Hall–Kier alpha value is -2.82. The van der Waals surface area contributed by atoms with Crippen molar-refractivity contribution in [2.45, 2.75) is 19.8 Å². The van der Waals surface area contributed by atoms with Gasteiger partial charge < -0.3 is 9.47 Å². The van der Waals surface area contributed by atoms with Crippen molar-refractivity contribution < 1.29 is 19.1 Å². The molecule has 5 nitrogen and oxygen atoms in total. The van der Waals surface area contributed by atoms with Gasteiger partial charge in [0.15, 0.2) is 11.5 Å². The van der Waals surface area contributed by atoms with Crippen LogP contribution in [0, 0.1) is 12.8 Å². The second-order valence-corrected chi connectivity index (χ2v) is 6.49. The minimum Gasteiger partial charge on any atom is -0.486 e. The highest BCUT2D eigenvalue weighted by atomic mass is 16.6. The lowest BCUT2D eigenvalue weighted by Crippen LogP contribution is -2.31. The zero-order chi connectivity index (χ0) is 17.4. The lowest BCUT2D eigenvalue weighted by molar-refractivity contribution is -0.122. The highest BCUT2D eigenvalue weighted by Gasteiger charge is 2.39. The van der Waals surface area contributed by atoms with E-state index in [9.17, 15) is 9.59 Å². The molecule has 1 fully saturated rings. The van der Waals surface area contributed by atoms with Crippen molar-refractivity contribution >= 4 is 17.5 Å². The molecule has 4 rings (SSSR count). The van der Waals surface area contributed by atoms with Crippen molar-refractivity contribution in [2.24, 2.45) is 5.92 Å². The summed E-state index contributed by atoms with van der Waals surface area (Å²) in [6.07, 6.45) is 0.813. The van der Waals surface area contributed by atoms with E-state index in [1.165, 1.54) is 10.5 Å². The van der Waals surface area contributed by atoms with Crippen LogP contribution in [0.3, 0.4) is 0 Å². The van der Waals surface area contributed by atoms with E-state index in [0.29, 0.717) is 36.8 Å². The van der Waals surface area contributed by atoms with Gasteiger partial charge in [-0.3, -0.25) is 14.5 Å². The largest absolute Gasteiger partial charge is 0.486 e. The minimum absolute atomic E-state index is 0.151. The molecule has 0 unspecified atom stereocenters. The number of ether oxygens (including phenoxy) is 2. The van der Waals surface area contributed by atoms with E-state index in [0.717, 1.165) is 5.56 Å². The molecular weight excluding hydrogens is 318 g/mol. The molecule has 128 valence electrons. The maximum atomic E-state index is 12.8. The van der Waals surface area contributed by atoms with E-state index in [4.69, 9.17) is 9.47 Å². The summed E-state index contributed by atoms with van der Waals surface area (Å²) in [5.74, 6) is 0.584. The van der Waals surface area contributed by atoms with Gasteiger partial charge in [0, 0.05) is 12.5 Å². The van der Waals surface area contributed by atoms with Crippen LogP contribution >= 0.6 is 0 Å². The Labute approximate surface area is 146 Å². The number of rotatable bonds is 3. The standard InChI is InChI=1S/C20H19NO4/c1-13-2-4-14(5-3-13)10-15-11-19(22)21(20(15)23)16-6-7-17-18(12-16)25-9-8-24-17/h2-7,12,15H,8-11H2,1H3/t15-/m0/s1. The number of amides is 2. The van der Waals surface area contributed by atoms with Gasteiger partial charge in [-0.2, -0.15) is 0 Å². The molecule has 1 saturated heterocycles. The summed E-state index contributed by atoms with van der Waals surface area (Å²) in [5, 5.41) is 0. The molecule has 0 bridgehead atoms. The predicted molar refractivity (Wildman–Crippen MR) is 92.9 cm³/mol. The van der Waals surface area contributed by atoms with Gasteiger partial charge in [0.25, 0.3) is 0 Å². The van der Waals surface area contributed by atoms with Crippen LogP contribution in [0.2, 0.25) is 0 Å². The minimum atomic E-state index is -0.316. The van der Waals surface area contributed by atoms with Gasteiger partial charge in [-0.1, -0.05) is 29.8 Å². The number of fused-ring (bicyclic) bond motifs is 1. The Morgan fingerprint density at radius 1 is 1.00 bits per heavy atom. The van der Waals surface area contributed by atoms with Crippen molar-refractivity contribution in [3.05, 3.63) is 53.6 Å². The molecule has 0 radical (unpaired) electrons. The third-order valence-electron chi connectivity index (χ3n) is 4.63. The van der Waals surface area contributed by atoms with E-state index in [1.54, 1.807) is 18.2 Å². The SMILES string of the molecule is Cc1ccc(C[C@H]2CC(=O)N(c3ccc4c(c3)OCCO4)C2=O)cc1. The summed E-state index contributed by atoms with van der Waals surface area (Å²) in [5.41, 5.74) is 2.79. The van der Waals surface area contributed by atoms with Crippen LogP contribution in [0.5, 0.6) is 11.5 Å². The van der Waals surface area contributed by atoms with Crippen LogP contribution in [0.4, 0.5) is 5.69 Å². The summed E-state index contributed by atoms with van der Waals surface area (Å²) >= 11 is 0. The molecule has 0 N–H and O–H groups in total. The van der Waals surface area contributed by atoms with Gasteiger partial charge in [-0.15, -0.1) is 0 Å². The van der Waals surface area contributed by atoms with Gasteiger partial charge in [-0.25, -0.2) is 0 Å². The van der Waals surface area contributed by atoms with Gasteiger partial charge in [-0.05, 0) is 31.0 Å². The van der Waals surface area contributed by atoms with Crippen LogP contribution in [0.25, 0.3) is 0 Å². The maximum absolute atomic E-state index is 12.8. The monoisotopic (exact) mass is 337 g/mol. The summed E-state index contributed by atoms with van der Waals surface area (Å²) in [6.45, 7) is 3.00. The van der Waals surface area contributed by atoms with Crippen molar-refractivity contribution in [1.82, 2.24) is 0 Å². The van der Waals surface area contributed by atoms with Crippen LogP contribution in [0.15, 0.2) is 42.5 Å². The molecule has 2 aliphatic rings. The summed E-state index contributed by atoms with van der Waals surface area (Å²) in [6, 6.07) is 13.3. The Balaban J connectivity index is 1.56. The molecule has 0 saturated carbocycles. The Kier molecular flexibility index (Phi) is 3.92. The number of imide groups is 1. The second-order valence-electron chi connectivity index (χ2n) is 6.49. The molecule has 2 aliphatic heterocycles. The number of anilines is 1. The fourth-order valence-electron chi connectivity index (χ4n) is 3.31. The molecule has 2 aromatic rings. The normalized spacial score (nSPS) is 19.4. The lowest BCUT2D eigenvalue weighted by atomic mass is 9.97. The molecule has 0 aliphatic carbocycles. The molecule has 2 heterocycles. The number of carbonyl (C=O) groups excluding carboxylic acids is 2. The average molecular weight is 337 g/mol. The molecule has 1 atom stereocenters. The van der Waals surface area contributed by atoms with Crippen LogP contribution < -0.4 is 14.4 Å². The first-order valence-corrected chi connectivity index (χ1v) is 8.44. The predicted octanol–water partition coefficient (Wildman–Crippen LogP) is 2.89. The average Bonchev–Trinajstić information content (AvgIpc) is 2.90. The number of hydrogen-bond acceptors (Lipinski definition) is 4. The number of aryl methyl sites for hydroxylation is 1. The van der Waals surface area contributed by atoms with Crippen molar-refractivity contribution in [3.63, 3.8) is 0 Å². The summed E-state index contributed by atoms with van der Waals surface area (Å²) in [4.78, 5) is 26.5. The van der Waals surface area contributed by atoms with E-state index in [-0.39, 0.29) is 24.2 Å². The fourth-order valence-corrected chi connectivity index (χ4v) is 3.31. The van der Waals surface area contributed by atoms with Gasteiger partial charge in [0.2, 0.25) is 11.8 Å². The van der Waals surface area contributed by atoms with Gasteiger partial charge in [0.1, 0.15) is 13.2 Å². The van der Waals surface area contributed by atoms with Crippen LogP contribution in [0.1, 0.15) is 17.5 Å². The van der Waals surface area contributed by atoms with E-state index < -0.39 is 0 Å². The lowest BCUT2D eigenvalue weighted by Gasteiger charge is -2.21. The third-order valence-corrected chi connectivity index (χ3v) is 4.63. The van der Waals surface area contributed by atoms with Crippen molar-refractivity contribution in [2.75, 3.05) is 18.1 Å². The smallest absolute Gasteiger partial charge is 0.237 e. The Bertz CT molecular complexity index is 828. The number of carbonyl (C=O) groups is 2. The molecule has 5 heteroatoms. The van der Waals surface area contributed by atoms with Gasteiger partial charge in [0.05, 0.1) is 11.6 Å². The quantitative estimate of drug-likeness (QED) is 0.808. The fraction of sp³-hybridized carbons (Fsp3) is 0.300. The number of nitrogens with zero attached hydrogens (tertiary/aromatic N) is 1. The Morgan fingerprint density at radius 2 is 1.72 bits per heavy atom. The zero-order valence-corrected chi connectivity index (χ0v) is 14.0. The highest BCUT2D eigenvalue weighted by Crippen LogP contribution is 2.36. The van der Waals surface area contributed by atoms with Crippen LogP contribution in [-0.2, 0) is 16.0 Å². The van der Waals surface area contributed by atoms with Crippen molar-refractivity contribution in [3.8, 4) is 11.5 Å². The summed E-state index contributed by atoms with van der Waals surface area (Å²) < 4.78 is 11.0. The molecule has 0 spiro atoms. The highest BCUT2D eigenvalue weighted by molar-refractivity contribution is 6.21. The van der Waals surface area contributed by atoms with E-state index in [1.807, 2.05) is 31.2 Å².